The zero-order valence-electron chi connectivity index (χ0n) is 11.6. The van der Waals surface area contributed by atoms with Crippen LogP contribution in [-0.2, 0) is 16.6 Å². The first-order valence-electron chi connectivity index (χ1n) is 6.84. The van der Waals surface area contributed by atoms with E-state index in [0.29, 0.717) is 12.5 Å². The Labute approximate surface area is 110 Å². The molecule has 0 atom stereocenters. The highest BCUT2D eigenvalue weighted by molar-refractivity contribution is 5.76. The maximum Gasteiger partial charge on any atom is 0.220 e. The van der Waals surface area contributed by atoms with Gasteiger partial charge in [-0.25, -0.2) is 0 Å². The third-order valence-corrected chi connectivity index (χ3v) is 3.40. The van der Waals surface area contributed by atoms with Crippen LogP contribution >= 0.6 is 0 Å². The van der Waals surface area contributed by atoms with Crippen LogP contribution in [0.1, 0.15) is 51.2 Å². The summed E-state index contributed by atoms with van der Waals surface area (Å²) in [5, 5.41) is 3.02. The summed E-state index contributed by atoms with van der Waals surface area (Å²) in [6, 6.07) is 9.11. The third-order valence-electron chi connectivity index (χ3n) is 3.40. The quantitative estimate of drug-likeness (QED) is 0.867. The van der Waals surface area contributed by atoms with E-state index in [1.54, 1.807) is 0 Å². The summed E-state index contributed by atoms with van der Waals surface area (Å²) in [6.07, 6.45) is 3.76. The molecule has 2 rings (SSSR count). The molecule has 0 heterocycles. The van der Waals surface area contributed by atoms with Gasteiger partial charge in [0.05, 0.1) is 0 Å². The first-order valence-corrected chi connectivity index (χ1v) is 6.84. The average Bonchev–Trinajstić information content (AvgIpc) is 3.10. The van der Waals surface area contributed by atoms with Crippen molar-refractivity contribution in [2.45, 2.75) is 57.9 Å². The number of amides is 1. The van der Waals surface area contributed by atoms with Crippen LogP contribution in [0.5, 0.6) is 0 Å². The number of hydrogen-bond donors (Lipinski definition) is 1. The second-order valence-electron chi connectivity index (χ2n) is 6.29. The van der Waals surface area contributed by atoms with Crippen LogP contribution in [0, 0.1) is 0 Å². The van der Waals surface area contributed by atoms with Crippen LogP contribution in [0.15, 0.2) is 24.3 Å². The molecular weight excluding hydrogens is 222 g/mol. The van der Waals surface area contributed by atoms with Gasteiger partial charge in [-0.1, -0.05) is 45.0 Å². The predicted octanol–water partition coefficient (Wildman–Crippen LogP) is 3.20. The van der Waals surface area contributed by atoms with Gasteiger partial charge in [0.25, 0.3) is 0 Å². The van der Waals surface area contributed by atoms with Gasteiger partial charge in [0.15, 0.2) is 0 Å². The van der Waals surface area contributed by atoms with Crippen molar-refractivity contribution in [2.75, 3.05) is 0 Å². The molecule has 2 nitrogen and oxygen atoms in total. The number of rotatable bonds is 4. The molecule has 0 aliphatic heterocycles. The van der Waals surface area contributed by atoms with Gasteiger partial charge < -0.3 is 5.32 Å². The number of hydrogen-bond acceptors (Lipinski definition) is 1. The second kappa shape index (κ2) is 5.13. The van der Waals surface area contributed by atoms with Crippen LogP contribution in [0.4, 0.5) is 0 Å². The largest absolute Gasteiger partial charge is 0.353 e. The van der Waals surface area contributed by atoms with Crippen molar-refractivity contribution in [2.24, 2.45) is 0 Å². The lowest BCUT2D eigenvalue weighted by atomic mass is 9.86. The average molecular weight is 245 g/mol. The fraction of sp³-hybridized carbons (Fsp3) is 0.562. The lowest BCUT2D eigenvalue weighted by molar-refractivity contribution is -0.121. The normalized spacial score (nSPS) is 15.5. The first-order chi connectivity index (χ1) is 8.45. The maximum absolute atomic E-state index is 11.6. The first kappa shape index (κ1) is 13.1. The number of benzene rings is 1. The summed E-state index contributed by atoms with van der Waals surface area (Å²) in [7, 11) is 0. The maximum atomic E-state index is 11.6. The molecule has 2 heteroatoms. The molecule has 0 spiro atoms. The summed E-state index contributed by atoms with van der Waals surface area (Å²) in [5.41, 5.74) is 2.78. The summed E-state index contributed by atoms with van der Waals surface area (Å²) < 4.78 is 0. The molecular formula is C16H23NO. The summed E-state index contributed by atoms with van der Waals surface area (Å²) in [5.74, 6) is 0.192. The van der Waals surface area contributed by atoms with Gasteiger partial charge in [0, 0.05) is 12.5 Å². The second-order valence-corrected chi connectivity index (χ2v) is 6.29. The van der Waals surface area contributed by atoms with Crippen molar-refractivity contribution >= 4 is 5.91 Å². The van der Waals surface area contributed by atoms with Gasteiger partial charge in [-0.15, -0.1) is 0 Å². The van der Waals surface area contributed by atoms with Gasteiger partial charge in [0.2, 0.25) is 5.91 Å². The molecule has 98 valence electrons. The minimum Gasteiger partial charge on any atom is -0.353 e. The highest BCUT2D eigenvalue weighted by Crippen LogP contribution is 2.22. The molecule has 1 N–H and O–H groups in total. The minimum atomic E-state index is 0.192. The Morgan fingerprint density at radius 2 is 1.83 bits per heavy atom. The Bertz CT molecular complexity index is 410. The fourth-order valence-electron chi connectivity index (χ4n) is 1.96. The van der Waals surface area contributed by atoms with E-state index in [9.17, 15) is 4.79 Å². The van der Waals surface area contributed by atoms with E-state index < -0.39 is 0 Å². The molecule has 1 aromatic rings. The van der Waals surface area contributed by atoms with Crippen molar-refractivity contribution in [3.63, 3.8) is 0 Å². The van der Waals surface area contributed by atoms with Crippen LogP contribution in [0.2, 0.25) is 0 Å². The zero-order chi connectivity index (χ0) is 13.2. The van der Waals surface area contributed by atoms with E-state index in [4.69, 9.17) is 0 Å². The third kappa shape index (κ3) is 3.86. The molecule has 1 aliphatic rings. The number of carbonyl (C=O) groups excluding carboxylic acids is 1. The van der Waals surface area contributed by atoms with Crippen molar-refractivity contribution < 1.29 is 4.79 Å². The SMILES string of the molecule is CC(C)(C)c1ccc(CCC(=O)NC2CC2)cc1. The van der Waals surface area contributed by atoms with Crippen molar-refractivity contribution in [3.05, 3.63) is 35.4 Å². The van der Waals surface area contributed by atoms with Crippen molar-refractivity contribution in [1.29, 1.82) is 0 Å². The molecule has 1 aliphatic carbocycles. The topological polar surface area (TPSA) is 29.1 Å². The highest BCUT2D eigenvalue weighted by Gasteiger charge is 2.22. The number of aryl methyl sites for hydroxylation is 1. The van der Waals surface area contributed by atoms with Crippen LogP contribution < -0.4 is 5.32 Å². The predicted molar refractivity (Wildman–Crippen MR) is 74.6 cm³/mol. The molecule has 0 aromatic heterocycles. The Hall–Kier alpha value is -1.31. The van der Waals surface area contributed by atoms with Gasteiger partial charge in [-0.05, 0) is 35.8 Å². The fourth-order valence-corrected chi connectivity index (χ4v) is 1.96. The van der Waals surface area contributed by atoms with E-state index in [0.717, 1.165) is 19.3 Å². The summed E-state index contributed by atoms with van der Waals surface area (Å²) >= 11 is 0. The van der Waals surface area contributed by atoms with Crippen LogP contribution in [0.3, 0.4) is 0 Å². The van der Waals surface area contributed by atoms with E-state index in [1.807, 2.05) is 0 Å². The molecule has 0 bridgehead atoms. The number of nitrogens with one attached hydrogen (secondary N) is 1. The standard InChI is InChI=1S/C16H23NO/c1-16(2,3)13-7-4-12(5-8-13)6-11-15(18)17-14-9-10-14/h4-5,7-8,14H,6,9-11H2,1-3H3,(H,17,18). The van der Waals surface area contributed by atoms with Gasteiger partial charge >= 0.3 is 0 Å². The smallest absolute Gasteiger partial charge is 0.220 e. The lowest BCUT2D eigenvalue weighted by Crippen LogP contribution is -2.25. The molecule has 0 unspecified atom stereocenters. The Kier molecular flexibility index (Phi) is 3.74. The Morgan fingerprint density at radius 1 is 1.22 bits per heavy atom. The van der Waals surface area contributed by atoms with Crippen LogP contribution in [-0.4, -0.2) is 11.9 Å². The Morgan fingerprint density at radius 3 is 2.33 bits per heavy atom. The molecule has 1 aromatic carbocycles. The Balaban J connectivity index is 1.84. The lowest BCUT2D eigenvalue weighted by Gasteiger charge is -2.19. The minimum absolute atomic E-state index is 0.192. The van der Waals surface area contributed by atoms with Crippen molar-refractivity contribution in [3.8, 4) is 0 Å². The molecule has 1 fully saturated rings. The van der Waals surface area contributed by atoms with Crippen LogP contribution in [0.25, 0.3) is 0 Å². The van der Waals surface area contributed by atoms with E-state index in [2.05, 4.69) is 50.4 Å². The monoisotopic (exact) mass is 245 g/mol. The molecule has 1 amide bonds. The van der Waals surface area contributed by atoms with Crippen molar-refractivity contribution in [1.82, 2.24) is 5.32 Å². The highest BCUT2D eigenvalue weighted by atomic mass is 16.1. The van der Waals surface area contributed by atoms with E-state index >= 15 is 0 Å². The van der Waals surface area contributed by atoms with E-state index in [1.165, 1.54) is 11.1 Å². The number of carbonyl (C=O) groups is 1. The molecule has 1 saturated carbocycles. The molecule has 0 radical (unpaired) electrons. The van der Waals surface area contributed by atoms with Gasteiger partial charge in [-0.2, -0.15) is 0 Å². The summed E-state index contributed by atoms with van der Waals surface area (Å²) in [6.45, 7) is 6.64. The molecule has 18 heavy (non-hydrogen) atoms. The molecule has 0 saturated heterocycles. The summed E-state index contributed by atoms with van der Waals surface area (Å²) in [4.78, 5) is 11.6. The van der Waals surface area contributed by atoms with E-state index in [-0.39, 0.29) is 11.3 Å². The van der Waals surface area contributed by atoms with Gasteiger partial charge in [0.1, 0.15) is 0 Å². The zero-order valence-corrected chi connectivity index (χ0v) is 11.6. The van der Waals surface area contributed by atoms with Gasteiger partial charge in [-0.3, -0.25) is 4.79 Å².